The van der Waals surface area contributed by atoms with Gasteiger partial charge in [0.05, 0.1) is 23.5 Å². The Bertz CT molecular complexity index is 721. The maximum atomic E-state index is 12.3. The molecule has 1 aromatic heterocycles. The van der Waals surface area contributed by atoms with Gasteiger partial charge in [-0.15, -0.1) is 0 Å². The van der Waals surface area contributed by atoms with Crippen LogP contribution in [0.4, 0.5) is 5.69 Å². The number of rotatable bonds is 4. The van der Waals surface area contributed by atoms with Crippen LogP contribution in [-0.4, -0.2) is 18.5 Å². The highest BCUT2D eigenvalue weighted by molar-refractivity contribution is 7.92. The van der Waals surface area contributed by atoms with E-state index in [1.165, 1.54) is 24.5 Å². The molecule has 0 spiro atoms. The number of nitrogens with one attached hydrogen (secondary N) is 1. The monoisotopic (exact) mass is 332 g/mol. The Morgan fingerprint density at radius 1 is 1.25 bits per heavy atom. The summed E-state index contributed by atoms with van der Waals surface area (Å²) in [5, 5.41) is 9.29. The maximum absolute atomic E-state index is 12.3. The van der Waals surface area contributed by atoms with E-state index in [0.29, 0.717) is 5.69 Å². The minimum Gasteiger partial charge on any atom is -0.392 e. The SMILES string of the molecule is O=S(=O)(Nc1cccnc1)c1ccc(Cl)c(CO)c1Cl. The van der Waals surface area contributed by atoms with Crippen molar-refractivity contribution in [3.63, 3.8) is 0 Å². The summed E-state index contributed by atoms with van der Waals surface area (Å²) >= 11 is 11.8. The number of aliphatic hydroxyl groups excluding tert-OH is 1. The van der Waals surface area contributed by atoms with Crippen LogP contribution in [-0.2, 0) is 16.6 Å². The predicted molar refractivity (Wildman–Crippen MR) is 77.4 cm³/mol. The van der Waals surface area contributed by atoms with Gasteiger partial charge in [-0.3, -0.25) is 9.71 Å². The van der Waals surface area contributed by atoms with Crippen LogP contribution in [0.3, 0.4) is 0 Å². The van der Waals surface area contributed by atoms with Crippen LogP contribution >= 0.6 is 23.2 Å². The fraction of sp³-hybridized carbons (Fsp3) is 0.0833. The summed E-state index contributed by atoms with van der Waals surface area (Å²) in [6, 6.07) is 5.81. The van der Waals surface area contributed by atoms with Crippen LogP contribution in [0.2, 0.25) is 10.0 Å². The zero-order chi connectivity index (χ0) is 14.8. The van der Waals surface area contributed by atoms with Gasteiger partial charge >= 0.3 is 0 Å². The lowest BCUT2D eigenvalue weighted by Crippen LogP contribution is -2.14. The quantitative estimate of drug-likeness (QED) is 0.902. The molecule has 1 heterocycles. The molecule has 2 aromatic rings. The third kappa shape index (κ3) is 3.04. The smallest absolute Gasteiger partial charge is 0.263 e. The second kappa shape index (κ2) is 5.97. The normalized spacial score (nSPS) is 11.3. The molecule has 0 saturated carbocycles. The molecular formula is C12H10Cl2N2O3S. The van der Waals surface area contributed by atoms with Crippen molar-refractivity contribution in [3.8, 4) is 0 Å². The highest BCUT2D eigenvalue weighted by Gasteiger charge is 2.21. The van der Waals surface area contributed by atoms with Crippen molar-refractivity contribution in [2.75, 3.05) is 4.72 Å². The van der Waals surface area contributed by atoms with Crippen LogP contribution < -0.4 is 4.72 Å². The molecule has 0 aliphatic carbocycles. The number of hydrogen-bond donors (Lipinski definition) is 2. The van der Waals surface area contributed by atoms with Crippen LogP contribution in [0, 0.1) is 0 Å². The third-order valence-corrected chi connectivity index (χ3v) is 4.83. The van der Waals surface area contributed by atoms with Gasteiger partial charge in [0.2, 0.25) is 0 Å². The minimum atomic E-state index is -3.89. The number of hydrogen-bond acceptors (Lipinski definition) is 4. The molecule has 0 saturated heterocycles. The number of anilines is 1. The van der Waals surface area contributed by atoms with Crippen molar-refractivity contribution >= 4 is 38.9 Å². The lowest BCUT2D eigenvalue weighted by atomic mass is 10.2. The van der Waals surface area contributed by atoms with E-state index in [1.54, 1.807) is 12.1 Å². The van der Waals surface area contributed by atoms with E-state index in [9.17, 15) is 13.5 Å². The summed E-state index contributed by atoms with van der Waals surface area (Å²) in [5.74, 6) is 0. The number of halogens is 2. The van der Waals surface area contributed by atoms with Crippen molar-refractivity contribution in [1.29, 1.82) is 0 Å². The lowest BCUT2D eigenvalue weighted by Gasteiger charge is -2.12. The molecule has 0 bridgehead atoms. The number of aliphatic hydroxyl groups is 1. The van der Waals surface area contributed by atoms with Gasteiger partial charge in [-0.25, -0.2) is 8.42 Å². The van der Waals surface area contributed by atoms with Crippen molar-refractivity contribution in [3.05, 3.63) is 52.3 Å². The first-order chi connectivity index (χ1) is 9.45. The molecule has 106 valence electrons. The number of nitrogens with zero attached hydrogens (tertiary/aromatic N) is 1. The molecule has 0 unspecified atom stereocenters. The van der Waals surface area contributed by atoms with Crippen LogP contribution in [0.25, 0.3) is 0 Å². The molecule has 1 aromatic carbocycles. The zero-order valence-corrected chi connectivity index (χ0v) is 12.4. The molecule has 0 amide bonds. The van der Waals surface area contributed by atoms with E-state index in [2.05, 4.69) is 9.71 Å². The highest BCUT2D eigenvalue weighted by Crippen LogP contribution is 2.31. The topological polar surface area (TPSA) is 79.3 Å². The Morgan fingerprint density at radius 2 is 2.00 bits per heavy atom. The Balaban J connectivity index is 2.45. The van der Waals surface area contributed by atoms with Crippen molar-refractivity contribution < 1.29 is 13.5 Å². The van der Waals surface area contributed by atoms with Gasteiger partial charge in [0, 0.05) is 16.8 Å². The molecule has 0 radical (unpaired) electrons. The molecule has 0 atom stereocenters. The summed E-state index contributed by atoms with van der Waals surface area (Å²) < 4.78 is 26.9. The fourth-order valence-electron chi connectivity index (χ4n) is 1.56. The molecule has 20 heavy (non-hydrogen) atoms. The first-order valence-electron chi connectivity index (χ1n) is 5.46. The van der Waals surface area contributed by atoms with Crippen molar-refractivity contribution in [1.82, 2.24) is 4.98 Å². The summed E-state index contributed by atoms with van der Waals surface area (Å²) in [4.78, 5) is 3.66. The van der Waals surface area contributed by atoms with E-state index in [4.69, 9.17) is 23.2 Å². The van der Waals surface area contributed by atoms with E-state index >= 15 is 0 Å². The second-order valence-electron chi connectivity index (χ2n) is 3.84. The fourth-order valence-corrected chi connectivity index (χ4v) is 3.50. The Morgan fingerprint density at radius 3 is 2.60 bits per heavy atom. The van der Waals surface area contributed by atoms with E-state index in [1.807, 2.05) is 0 Å². The van der Waals surface area contributed by atoms with Gasteiger partial charge < -0.3 is 5.11 Å². The van der Waals surface area contributed by atoms with E-state index < -0.39 is 16.6 Å². The highest BCUT2D eigenvalue weighted by atomic mass is 35.5. The van der Waals surface area contributed by atoms with Gasteiger partial charge in [0.25, 0.3) is 10.0 Å². The molecule has 2 rings (SSSR count). The summed E-state index contributed by atoms with van der Waals surface area (Å²) in [5.41, 5.74) is 0.478. The number of aromatic nitrogens is 1. The largest absolute Gasteiger partial charge is 0.392 e. The molecule has 2 N–H and O–H groups in total. The van der Waals surface area contributed by atoms with Gasteiger partial charge in [0.1, 0.15) is 4.90 Å². The standard InChI is InChI=1S/C12H10Cl2N2O3S/c13-10-3-4-11(12(14)9(10)7-17)20(18,19)16-8-2-1-5-15-6-8/h1-6,16-17H,7H2. The third-order valence-electron chi connectivity index (χ3n) is 2.51. The van der Waals surface area contributed by atoms with E-state index in [-0.39, 0.29) is 20.5 Å². The maximum Gasteiger partial charge on any atom is 0.263 e. The molecule has 8 heteroatoms. The first kappa shape index (κ1) is 15.1. The van der Waals surface area contributed by atoms with Gasteiger partial charge in [0.15, 0.2) is 0 Å². The summed E-state index contributed by atoms with van der Waals surface area (Å²) in [7, 11) is -3.89. The molecule has 0 aliphatic rings. The van der Waals surface area contributed by atoms with Gasteiger partial charge in [-0.05, 0) is 24.3 Å². The zero-order valence-electron chi connectivity index (χ0n) is 10.0. The van der Waals surface area contributed by atoms with Crippen LogP contribution in [0.5, 0.6) is 0 Å². The molecule has 5 nitrogen and oxygen atoms in total. The van der Waals surface area contributed by atoms with Gasteiger partial charge in [-0.1, -0.05) is 23.2 Å². The summed E-state index contributed by atoms with van der Waals surface area (Å²) in [6.07, 6.45) is 2.89. The summed E-state index contributed by atoms with van der Waals surface area (Å²) in [6.45, 7) is -0.450. The average molecular weight is 333 g/mol. The van der Waals surface area contributed by atoms with Gasteiger partial charge in [-0.2, -0.15) is 0 Å². The molecular weight excluding hydrogens is 323 g/mol. The molecule has 0 aliphatic heterocycles. The van der Waals surface area contributed by atoms with Crippen LogP contribution in [0.15, 0.2) is 41.6 Å². The first-order valence-corrected chi connectivity index (χ1v) is 7.70. The Kier molecular flexibility index (Phi) is 4.49. The number of benzene rings is 1. The van der Waals surface area contributed by atoms with Crippen molar-refractivity contribution in [2.24, 2.45) is 0 Å². The molecule has 0 fully saturated rings. The second-order valence-corrected chi connectivity index (χ2v) is 6.28. The Hall–Kier alpha value is -1.34. The number of pyridine rings is 1. The predicted octanol–water partition coefficient (Wildman–Crippen LogP) is 2.68. The average Bonchev–Trinajstić information content (AvgIpc) is 2.39. The van der Waals surface area contributed by atoms with Crippen molar-refractivity contribution in [2.45, 2.75) is 11.5 Å². The van der Waals surface area contributed by atoms with E-state index in [0.717, 1.165) is 0 Å². The number of sulfonamides is 1. The lowest BCUT2D eigenvalue weighted by molar-refractivity contribution is 0.282. The Labute approximate surface area is 126 Å². The minimum absolute atomic E-state index is 0.101. The van der Waals surface area contributed by atoms with Crippen LogP contribution in [0.1, 0.15) is 5.56 Å².